The molecular formula is C14H9BF4NO-. The first kappa shape index (κ1) is 14.9. The summed E-state index contributed by atoms with van der Waals surface area (Å²) in [4.78, 5) is 0. The van der Waals surface area contributed by atoms with Crippen LogP contribution in [0.4, 0.5) is 17.3 Å². The van der Waals surface area contributed by atoms with Crippen molar-refractivity contribution in [3.05, 3.63) is 59.4 Å². The lowest BCUT2D eigenvalue weighted by atomic mass is 9.80. The monoisotopic (exact) mass is 294 g/mol. The predicted octanol–water partition coefficient (Wildman–Crippen LogP) is 3.33. The summed E-state index contributed by atoms with van der Waals surface area (Å²) in [5, 5.41) is 8.90. The lowest BCUT2D eigenvalue weighted by Gasteiger charge is -2.16. The number of rotatable bonds is 4. The van der Waals surface area contributed by atoms with E-state index in [-0.39, 0.29) is 12.4 Å². The normalized spacial score (nSPS) is 11.0. The molecule has 0 spiro atoms. The lowest BCUT2D eigenvalue weighted by Crippen LogP contribution is -2.36. The molecule has 2 rings (SSSR count). The van der Waals surface area contributed by atoms with Crippen LogP contribution < -0.4 is 10.2 Å². The van der Waals surface area contributed by atoms with Crippen LogP contribution in [0.5, 0.6) is 5.75 Å². The maximum Gasteiger partial charge on any atom is 0.512 e. The summed E-state index contributed by atoms with van der Waals surface area (Å²) >= 11 is 0. The van der Waals surface area contributed by atoms with Crippen molar-refractivity contribution in [3.63, 3.8) is 0 Å². The average molecular weight is 294 g/mol. The number of nitrogens with zero attached hydrogens (tertiary/aromatic N) is 1. The van der Waals surface area contributed by atoms with E-state index in [0.29, 0.717) is 23.3 Å². The second-order valence-electron chi connectivity index (χ2n) is 4.32. The molecule has 2 nitrogen and oxygen atoms in total. The molecule has 0 unspecified atom stereocenters. The number of nitriles is 1. The number of halogens is 4. The smallest absolute Gasteiger partial charge is 0.489 e. The molecule has 21 heavy (non-hydrogen) atoms. The highest BCUT2D eigenvalue weighted by atomic mass is 19.4. The fourth-order valence-corrected chi connectivity index (χ4v) is 1.78. The molecule has 0 aliphatic carbocycles. The Morgan fingerprint density at radius 1 is 1.10 bits per heavy atom. The van der Waals surface area contributed by atoms with Gasteiger partial charge in [0.05, 0.1) is 17.4 Å². The Labute approximate surface area is 118 Å². The first-order chi connectivity index (χ1) is 9.91. The summed E-state index contributed by atoms with van der Waals surface area (Å²) in [6.45, 7) is -5.41. The van der Waals surface area contributed by atoms with Crippen molar-refractivity contribution >= 4 is 12.4 Å². The van der Waals surface area contributed by atoms with Gasteiger partial charge in [-0.05, 0) is 12.1 Å². The molecule has 0 fully saturated rings. The van der Waals surface area contributed by atoms with E-state index in [1.165, 1.54) is 0 Å². The van der Waals surface area contributed by atoms with Gasteiger partial charge in [-0.3, -0.25) is 0 Å². The topological polar surface area (TPSA) is 33.0 Å². The molecule has 108 valence electrons. The number of hydrogen-bond donors (Lipinski definition) is 0. The molecule has 0 amide bonds. The van der Waals surface area contributed by atoms with E-state index in [2.05, 4.69) is 0 Å². The molecule has 0 bridgehead atoms. The van der Waals surface area contributed by atoms with Crippen molar-refractivity contribution in [1.29, 1.82) is 5.26 Å². The maximum absolute atomic E-state index is 13.4. The van der Waals surface area contributed by atoms with Gasteiger partial charge in [0.2, 0.25) is 0 Å². The van der Waals surface area contributed by atoms with Crippen LogP contribution in [0, 0.1) is 17.1 Å². The fraction of sp³-hybridized carbons (Fsp3) is 0.0714. The van der Waals surface area contributed by atoms with Gasteiger partial charge in [-0.25, -0.2) is 4.39 Å². The predicted molar refractivity (Wildman–Crippen MR) is 70.6 cm³/mol. The largest absolute Gasteiger partial charge is 0.512 e. The standard InChI is InChI=1S/C14H9BF4NO/c16-14-7-12(5-6-13(14)15(17,18)19)21-9-11-4-2-1-3-10(11)8-20/h1-7H,9H2/q-1. The van der Waals surface area contributed by atoms with Crippen LogP contribution >= 0.6 is 0 Å². The van der Waals surface area contributed by atoms with E-state index in [1.54, 1.807) is 24.3 Å². The number of benzene rings is 2. The van der Waals surface area contributed by atoms with E-state index in [1.807, 2.05) is 6.07 Å². The lowest BCUT2D eigenvalue weighted by molar-refractivity contribution is 0.304. The van der Waals surface area contributed by atoms with Crippen molar-refractivity contribution in [2.45, 2.75) is 6.61 Å². The quantitative estimate of drug-likeness (QED) is 0.640. The van der Waals surface area contributed by atoms with E-state index in [4.69, 9.17) is 10.00 Å². The summed E-state index contributed by atoms with van der Waals surface area (Å²) in [5.41, 5.74) is -0.308. The van der Waals surface area contributed by atoms with E-state index >= 15 is 0 Å². The first-order valence-corrected chi connectivity index (χ1v) is 6.02. The third-order valence-electron chi connectivity index (χ3n) is 2.86. The van der Waals surface area contributed by atoms with Crippen molar-refractivity contribution in [3.8, 4) is 11.8 Å². The highest BCUT2D eigenvalue weighted by Gasteiger charge is 2.28. The Balaban J connectivity index is 2.15. The zero-order valence-electron chi connectivity index (χ0n) is 10.7. The summed E-state index contributed by atoms with van der Waals surface area (Å²) < 4.78 is 56.0. The number of ether oxygens (including phenoxy) is 1. The van der Waals surface area contributed by atoms with Crippen LogP contribution in [0.15, 0.2) is 42.5 Å². The van der Waals surface area contributed by atoms with E-state index in [9.17, 15) is 17.3 Å². The first-order valence-electron chi connectivity index (χ1n) is 6.02. The summed E-state index contributed by atoms with van der Waals surface area (Å²) in [7, 11) is 0. The van der Waals surface area contributed by atoms with Crippen molar-refractivity contribution in [2.24, 2.45) is 0 Å². The molecule has 0 N–H and O–H groups in total. The zero-order valence-corrected chi connectivity index (χ0v) is 10.7. The van der Waals surface area contributed by atoms with E-state index in [0.717, 1.165) is 6.07 Å². The summed E-state index contributed by atoms with van der Waals surface area (Å²) in [6.07, 6.45) is 0. The van der Waals surface area contributed by atoms with Crippen molar-refractivity contribution in [1.82, 2.24) is 0 Å². The Morgan fingerprint density at radius 3 is 2.43 bits per heavy atom. The SMILES string of the molecule is N#Cc1ccccc1COc1ccc([B-](F)(F)F)c(F)c1. The molecule has 0 aliphatic heterocycles. The van der Waals surface area contributed by atoms with Gasteiger partial charge in [0.1, 0.15) is 12.4 Å². The molecule has 0 atom stereocenters. The highest BCUT2D eigenvalue weighted by Crippen LogP contribution is 2.18. The van der Waals surface area contributed by atoms with Gasteiger partial charge in [-0.15, -0.1) is 0 Å². The second-order valence-corrected chi connectivity index (χ2v) is 4.32. The average Bonchev–Trinajstić information content (AvgIpc) is 2.44. The molecular weight excluding hydrogens is 285 g/mol. The van der Waals surface area contributed by atoms with Gasteiger partial charge >= 0.3 is 6.98 Å². The second kappa shape index (κ2) is 5.88. The highest BCUT2D eigenvalue weighted by molar-refractivity contribution is 6.73. The van der Waals surface area contributed by atoms with Gasteiger partial charge in [-0.1, -0.05) is 29.7 Å². The zero-order chi connectivity index (χ0) is 15.5. The van der Waals surface area contributed by atoms with Crippen LogP contribution in [0.25, 0.3) is 0 Å². The Hall–Kier alpha value is -2.49. The molecule has 7 heteroatoms. The summed E-state index contributed by atoms with van der Waals surface area (Å²) in [5.74, 6) is -1.39. The fourth-order valence-electron chi connectivity index (χ4n) is 1.78. The molecule has 0 aromatic heterocycles. The minimum Gasteiger partial charge on any atom is -0.489 e. The summed E-state index contributed by atoms with van der Waals surface area (Å²) in [6, 6.07) is 11.0. The molecule has 2 aromatic carbocycles. The van der Waals surface area contributed by atoms with Crippen LogP contribution in [-0.2, 0) is 6.61 Å². The Kier molecular flexibility index (Phi) is 4.17. The van der Waals surface area contributed by atoms with Crippen molar-refractivity contribution in [2.75, 3.05) is 0 Å². The Bertz CT molecular complexity index is 694. The minimum absolute atomic E-state index is 0.0240. The van der Waals surface area contributed by atoms with Gasteiger partial charge in [0, 0.05) is 11.6 Å². The third-order valence-corrected chi connectivity index (χ3v) is 2.86. The maximum atomic E-state index is 13.4. The van der Waals surface area contributed by atoms with Crippen LogP contribution in [0.3, 0.4) is 0 Å². The minimum atomic E-state index is -5.39. The molecule has 0 saturated carbocycles. The molecule has 0 saturated heterocycles. The van der Waals surface area contributed by atoms with Crippen LogP contribution in [-0.4, -0.2) is 6.98 Å². The number of hydrogen-bond acceptors (Lipinski definition) is 2. The van der Waals surface area contributed by atoms with Gasteiger partial charge in [0.25, 0.3) is 0 Å². The van der Waals surface area contributed by atoms with E-state index < -0.39 is 18.3 Å². The molecule has 0 heterocycles. The van der Waals surface area contributed by atoms with Gasteiger partial charge in [0.15, 0.2) is 0 Å². The Morgan fingerprint density at radius 2 is 1.81 bits per heavy atom. The molecule has 0 radical (unpaired) electrons. The van der Waals surface area contributed by atoms with Gasteiger partial charge in [-0.2, -0.15) is 5.26 Å². The molecule has 2 aromatic rings. The van der Waals surface area contributed by atoms with Crippen LogP contribution in [0.2, 0.25) is 0 Å². The van der Waals surface area contributed by atoms with Gasteiger partial charge < -0.3 is 17.7 Å². The van der Waals surface area contributed by atoms with Crippen LogP contribution in [0.1, 0.15) is 11.1 Å². The molecule has 0 aliphatic rings. The van der Waals surface area contributed by atoms with Crippen molar-refractivity contribution < 1.29 is 22.1 Å². The third kappa shape index (κ3) is 3.54.